The topological polar surface area (TPSA) is 26.0 Å². The third-order valence-electron chi connectivity index (χ3n) is 5.93. The first-order chi connectivity index (χ1) is 14.5. The van der Waals surface area contributed by atoms with Crippen LogP contribution in [0.2, 0.25) is 0 Å². The molecule has 0 spiro atoms. The molecule has 184 valence electrons. The van der Waals surface area contributed by atoms with Crippen LogP contribution in [0.25, 0.3) is 0 Å². The molecule has 0 saturated heterocycles. The van der Waals surface area contributed by atoms with Crippen molar-refractivity contribution in [2.75, 3.05) is 6.54 Å². The number of unbranched alkanes of at least 4 members (excludes halogenated alkanes) is 19. The minimum absolute atomic E-state index is 0.0150. The maximum atomic E-state index is 6.13. The zero-order valence-corrected chi connectivity index (χ0v) is 22.5. The Morgan fingerprint density at radius 2 is 0.733 bits per heavy atom. The van der Waals surface area contributed by atoms with Crippen LogP contribution in [0.15, 0.2) is 0 Å². The van der Waals surface area contributed by atoms with Crippen molar-refractivity contribution in [3.05, 3.63) is 0 Å². The van der Waals surface area contributed by atoms with Crippen molar-refractivity contribution in [1.29, 1.82) is 0 Å². The molecule has 0 aliphatic carbocycles. The van der Waals surface area contributed by atoms with Crippen molar-refractivity contribution in [3.63, 3.8) is 0 Å². The summed E-state index contributed by atoms with van der Waals surface area (Å²) in [4.78, 5) is 0.0150. The van der Waals surface area contributed by atoms with Gasteiger partial charge in [-0.1, -0.05) is 142 Å². The number of rotatable bonds is 22. The van der Waals surface area contributed by atoms with Crippen molar-refractivity contribution in [2.45, 2.75) is 174 Å². The third-order valence-corrected chi connectivity index (χ3v) is 6.12. The van der Waals surface area contributed by atoms with Gasteiger partial charge >= 0.3 is 0 Å². The van der Waals surface area contributed by atoms with Crippen molar-refractivity contribution >= 4 is 11.6 Å². The van der Waals surface area contributed by atoms with Crippen LogP contribution in [-0.2, 0) is 0 Å². The summed E-state index contributed by atoms with van der Waals surface area (Å²) in [6.07, 6.45) is 30.6. The summed E-state index contributed by atoms with van der Waals surface area (Å²) in [5.41, 5.74) is 5.45. The Labute approximate surface area is 197 Å². The fraction of sp³-hybridized carbons (Fsp3) is 1.00. The van der Waals surface area contributed by atoms with E-state index in [2.05, 4.69) is 27.7 Å². The largest absolute Gasteiger partial charge is 0.330 e. The van der Waals surface area contributed by atoms with Crippen LogP contribution in [0.4, 0.5) is 0 Å². The Hall–Kier alpha value is 0.250. The number of hydrogen-bond acceptors (Lipinski definition) is 1. The zero-order chi connectivity index (χ0) is 22.8. The summed E-state index contributed by atoms with van der Waals surface area (Å²) in [5, 5.41) is 0. The molecule has 0 saturated carbocycles. The van der Waals surface area contributed by atoms with Gasteiger partial charge in [-0.2, -0.15) is 0 Å². The van der Waals surface area contributed by atoms with E-state index in [1.807, 2.05) is 0 Å². The predicted molar refractivity (Wildman–Crippen MR) is 142 cm³/mol. The quantitative estimate of drug-likeness (QED) is 0.130. The fourth-order valence-corrected chi connectivity index (χ4v) is 3.97. The first-order valence-corrected chi connectivity index (χ1v) is 14.2. The van der Waals surface area contributed by atoms with Crippen LogP contribution in [0.3, 0.4) is 0 Å². The molecule has 0 aromatic heterocycles. The molecule has 2 N–H and O–H groups in total. The van der Waals surface area contributed by atoms with Gasteiger partial charge < -0.3 is 5.73 Å². The highest BCUT2D eigenvalue weighted by molar-refractivity contribution is 6.23. The average molecular weight is 446 g/mol. The average Bonchev–Trinajstić information content (AvgIpc) is 2.70. The lowest BCUT2D eigenvalue weighted by atomic mass is 10.0. The van der Waals surface area contributed by atoms with Gasteiger partial charge in [-0.25, -0.2) is 0 Å². The lowest BCUT2D eigenvalue weighted by Crippen LogP contribution is -2.08. The first kappa shape index (κ1) is 32.4. The maximum absolute atomic E-state index is 6.13. The summed E-state index contributed by atoms with van der Waals surface area (Å²) >= 11 is 6.13. The standard InChI is InChI=1S/C14H29Cl.C14H31N/c1-4-5-6-7-8-9-10-11-12-13-14(2,3)15;1-2-3-4-5-6-7-8-9-10-11-12-13-14-15/h4-13H2,1-3H3;2-15H2,1H3. The zero-order valence-electron chi connectivity index (χ0n) is 21.7. The van der Waals surface area contributed by atoms with E-state index in [-0.39, 0.29) is 4.87 Å². The van der Waals surface area contributed by atoms with Crippen molar-refractivity contribution in [1.82, 2.24) is 0 Å². The van der Waals surface area contributed by atoms with E-state index in [4.69, 9.17) is 17.3 Å². The van der Waals surface area contributed by atoms with Crippen LogP contribution >= 0.6 is 11.6 Å². The molecule has 0 radical (unpaired) electrons. The molecule has 0 aliphatic heterocycles. The molecule has 0 rings (SSSR count). The predicted octanol–water partition coefficient (Wildman–Crippen LogP) is 10.6. The number of nitrogens with two attached hydrogens (primary N) is 1. The molecule has 0 atom stereocenters. The van der Waals surface area contributed by atoms with Crippen LogP contribution < -0.4 is 5.73 Å². The molecule has 0 unspecified atom stereocenters. The molecule has 0 aromatic carbocycles. The Balaban J connectivity index is 0. The third kappa shape index (κ3) is 35.7. The van der Waals surface area contributed by atoms with Gasteiger partial charge in [0, 0.05) is 4.87 Å². The van der Waals surface area contributed by atoms with Gasteiger partial charge in [-0.15, -0.1) is 11.6 Å². The summed E-state index contributed by atoms with van der Waals surface area (Å²) < 4.78 is 0. The number of alkyl halides is 1. The normalized spacial score (nSPS) is 11.4. The van der Waals surface area contributed by atoms with Gasteiger partial charge in [0.05, 0.1) is 0 Å². The molecule has 0 aromatic rings. The SMILES string of the molecule is CCCCCCCCCCCC(C)(C)Cl.CCCCCCCCCCCCCCN. The highest BCUT2D eigenvalue weighted by Gasteiger charge is 2.11. The van der Waals surface area contributed by atoms with Crippen LogP contribution in [-0.4, -0.2) is 11.4 Å². The minimum atomic E-state index is 0.0150. The highest BCUT2D eigenvalue weighted by Crippen LogP contribution is 2.21. The number of halogens is 1. The van der Waals surface area contributed by atoms with Crippen molar-refractivity contribution < 1.29 is 0 Å². The molecule has 2 heteroatoms. The van der Waals surface area contributed by atoms with Gasteiger partial charge in [-0.3, -0.25) is 0 Å². The molecular weight excluding hydrogens is 386 g/mol. The smallest absolute Gasteiger partial charge is 0.0390 e. The monoisotopic (exact) mass is 445 g/mol. The first-order valence-electron chi connectivity index (χ1n) is 13.9. The Morgan fingerprint density at radius 1 is 0.467 bits per heavy atom. The van der Waals surface area contributed by atoms with Crippen LogP contribution in [0, 0.1) is 0 Å². The molecule has 0 fully saturated rings. The van der Waals surface area contributed by atoms with E-state index < -0.39 is 0 Å². The van der Waals surface area contributed by atoms with E-state index in [1.165, 1.54) is 135 Å². The molecular formula is C28H60ClN. The van der Waals surface area contributed by atoms with E-state index in [9.17, 15) is 0 Å². The van der Waals surface area contributed by atoms with E-state index >= 15 is 0 Å². The second-order valence-corrected chi connectivity index (χ2v) is 11.0. The van der Waals surface area contributed by atoms with E-state index in [0.717, 1.165) is 13.0 Å². The molecule has 30 heavy (non-hydrogen) atoms. The molecule has 1 nitrogen and oxygen atoms in total. The second kappa shape index (κ2) is 27.3. The van der Waals surface area contributed by atoms with E-state index in [1.54, 1.807) is 0 Å². The van der Waals surface area contributed by atoms with Crippen LogP contribution in [0.1, 0.15) is 169 Å². The highest BCUT2D eigenvalue weighted by atomic mass is 35.5. The fourth-order valence-electron chi connectivity index (χ4n) is 3.84. The van der Waals surface area contributed by atoms with Crippen molar-refractivity contribution in [2.24, 2.45) is 5.73 Å². The summed E-state index contributed by atoms with van der Waals surface area (Å²) in [5.74, 6) is 0. The molecule has 0 amide bonds. The van der Waals surface area contributed by atoms with Gasteiger partial charge in [-0.05, 0) is 33.2 Å². The minimum Gasteiger partial charge on any atom is -0.330 e. The van der Waals surface area contributed by atoms with Gasteiger partial charge in [0.15, 0.2) is 0 Å². The van der Waals surface area contributed by atoms with Gasteiger partial charge in [0.2, 0.25) is 0 Å². The Morgan fingerprint density at radius 3 is 1.00 bits per heavy atom. The molecule has 0 heterocycles. The maximum Gasteiger partial charge on any atom is 0.0390 e. The van der Waals surface area contributed by atoms with Gasteiger partial charge in [0.25, 0.3) is 0 Å². The lowest BCUT2D eigenvalue weighted by Gasteiger charge is -2.14. The van der Waals surface area contributed by atoms with Crippen molar-refractivity contribution in [3.8, 4) is 0 Å². The summed E-state index contributed by atoms with van der Waals surface area (Å²) in [6, 6.07) is 0. The second-order valence-electron chi connectivity index (χ2n) is 9.97. The number of hydrogen-bond donors (Lipinski definition) is 1. The molecule has 0 aliphatic rings. The summed E-state index contributed by atoms with van der Waals surface area (Å²) in [6.45, 7) is 9.64. The Bertz CT molecular complexity index is 273. The van der Waals surface area contributed by atoms with Gasteiger partial charge in [0.1, 0.15) is 0 Å². The van der Waals surface area contributed by atoms with E-state index in [0.29, 0.717) is 0 Å². The lowest BCUT2D eigenvalue weighted by molar-refractivity contribution is 0.524. The Kier molecular flexibility index (Phi) is 29.5. The van der Waals surface area contributed by atoms with Crippen LogP contribution in [0.5, 0.6) is 0 Å². The molecule has 0 bridgehead atoms. The summed E-state index contributed by atoms with van der Waals surface area (Å²) in [7, 11) is 0.